The van der Waals surface area contributed by atoms with Crippen molar-refractivity contribution < 1.29 is 18.9 Å². The Morgan fingerprint density at radius 2 is 1.92 bits per heavy atom. The number of hydrogen-bond donors (Lipinski definition) is 1. The lowest BCUT2D eigenvalue weighted by Gasteiger charge is -2.28. The van der Waals surface area contributed by atoms with Crippen molar-refractivity contribution in [3.63, 3.8) is 0 Å². The van der Waals surface area contributed by atoms with Gasteiger partial charge in [-0.3, -0.25) is 19.7 Å². The molecule has 5 rings (SSSR count). The van der Waals surface area contributed by atoms with Gasteiger partial charge in [-0.2, -0.15) is 5.10 Å². The van der Waals surface area contributed by atoms with Crippen molar-refractivity contribution in [2.45, 2.75) is 39.2 Å². The van der Waals surface area contributed by atoms with Gasteiger partial charge in [0.15, 0.2) is 5.76 Å². The van der Waals surface area contributed by atoms with Crippen molar-refractivity contribution in [2.75, 3.05) is 6.54 Å². The van der Waals surface area contributed by atoms with Crippen LogP contribution in [0.2, 0.25) is 5.02 Å². The second-order valence-corrected chi connectivity index (χ2v) is 9.28. The number of fused-ring (bicyclic) bond motifs is 2. The maximum Gasteiger partial charge on any atom is 0.290 e. The van der Waals surface area contributed by atoms with Gasteiger partial charge < -0.3 is 9.32 Å². The number of nitrogens with one attached hydrogen (secondary N) is 1. The first-order chi connectivity index (χ1) is 17.3. The topological polar surface area (TPSA) is 118 Å². The van der Waals surface area contributed by atoms with Crippen LogP contribution in [0.3, 0.4) is 0 Å². The highest BCUT2D eigenvalue weighted by Crippen LogP contribution is 2.32. The van der Waals surface area contributed by atoms with Crippen LogP contribution in [0.1, 0.15) is 61.8 Å². The Morgan fingerprint density at radius 3 is 2.69 bits per heavy atom. The van der Waals surface area contributed by atoms with Gasteiger partial charge in [-0.15, -0.1) is 0 Å². The first-order valence-electron chi connectivity index (χ1n) is 11.6. The molecule has 0 radical (unpaired) electrons. The van der Waals surface area contributed by atoms with Crippen LogP contribution in [0.4, 0.5) is 5.69 Å². The number of halogens is 1. The van der Waals surface area contributed by atoms with E-state index in [1.807, 2.05) is 25.1 Å². The average Bonchev–Trinajstić information content (AvgIpc) is 3.23. The van der Waals surface area contributed by atoms with Gasteiger partial charge in [0.25, 0.3) is 17.5 Å². The molecule has 0 saturated carbocycles. The molecule has 0 fully saturated rings. The summed E-state index contributed by atoms with van der Waals surface area (Å²) in [6.45, 7) is 2.98. The van der Waals surface area contributed by atoms with Crippen LogP contribution in [0, 0.1) is 17.0 Å². The van der Waals surface area contributed by atoms with E-state index in [0.29, 0.717) is 48.7 Å². The highest BCUT2D eigenvalue weighted by Gasteiger charge is 2.31. The molecule has 1 aliphatic heterocycles. The summed E-state index contributed by atoms with van der Waals surface area (Å²) >= 11 is 5.83. The predicted octanol–water partition coefficient (Wildman–Crippen LogP) is 4.82. The number of amides is 2. The Balaban J connectivity index is 1.37. The number of aryl methyl sites for hydroxylation is 1. The third kappa shape index (κ3) is 4.37. The van der Waals surface area contributed by atoms with Crippen LogP contribution >= 0.6 is 11.6 Å². The number of nitro benzene ring substituents is 1. The fraction of sp³-hybridized carbons (Fsp3) is 0.269. The summed E-state index contributed by atoms with van der Waals surface area (Å²) in [6.07, 6.45) is 2.82. The Kier molecular flexibility index (Phi) is 6.32. The van der Waals surface area contributed by atoms with E-state index in [2.05, 4.69) is 16.6 Å². The van der Waals surface area contributed by atoms with Crippen LogP contribution in [0.25, 0.3) is 0 Å². The number of benzene rings is 2. The second-order valence-electron chi connectivity index (χ2n) is 8.88. The van der Waals surface area contributed by atoms with Gasteiger partial charge in [0, 0.05) is 42.3 Å². The van der Waals surface area contributed by atoms with Crippen LogP contribution < -0.4 is 5.43 Å². The molecule has 2 aromatic carbocycles. The summed E-state index contributed by atoms with van der Waals surface area (Å²) < 4.78 is 6.04. The third-order valence-electron chi connectivity index (χ3n) is 6.64. The molecular weight excluding hydrogens is 484 g/mol. The normalized spacial score (nSPS) is 15.8. The van der Waals surface area contributed by atoms with E-state index >= 15 is 0 Å². The van der Waals surface area contributed by atoms with E-state index < -0.39 is 10.8 Å². The van der Waals surface area contributed by atoms with E-state index in [-0.39, 0.29) is 22.2 Å². The standard InChI is InChI=1S/C26H23ClN4O5/c1-15-23-20(28-29-25(32)17-9-10-19(27)21(13-17)31(34)35)7-4-8-22(23)36-24(15)26(33)30-12-11-16-5-2-3-6-18(16)14-30/h2-3,5-6,9-10,13H,4,7-8,11-12,14H2,1H3,(H,29,32)/b28-20+. The molecule has 3 aromatic rings. The molecule has 0 spiro atoms. The number of rotatable bonds is 4. The first-order valence-corrected chi connectivity index (χ1v) is 12.0. The average molecular weight is 507 g/mol. The van der Waals surface area contributed by atoms with Crippen molar-refractivity contribution in [3.8, 4) is 0 Å². The lowest BCUT2D eigenvalue weighted by Crippen LogP contribution is -2.36. The third-order valence-corrected chi connectivity index (χ3v) is 6.95. The van der Waals surface area contributed by atoms with Gasteiger partial charge >= 0.3 is 0 Å². The molecule has 184 valence electrons. The zero-order valence-corrected chi connectivity index (χ0v) is 20.3. The number of hydrogen-bond acceptors (Lipinski definition) is 6. The van der Waals surface area contributed by atoms with Crippen molar-refractivity contribution in [3.05, 3.63) is 96.9 Å². The minimum Gasteiger partial charge on any atom is -0.455 e. The molecule has 2 amide bonds. The van der Waals surface area contributed by atoms with E-state index in [9.17, 15) is 19.7 Å². The highest BCUT2D eigenvalue weighted by molar-refractivity contribution is 6.32. The Hall–Kier alpha value is -3.98. The fourth-order valence-electron chi connectivity index (χ4n) is 4.77. The van der Waals surface area contributed by atoms with Gasteiger partial charge in [-0.1, -0.05) is 35.9 Å². The van der Waals surface area contributed by atoms with Gasteiger partial charge in [-0.05, 0) is 49.4 Å². The molecule has 9 nitrogen and oxygen atoms in total. The minimum absolute atomic E-state index is 0.0526. The molecule has 10 heteroatoms. The zero-order chi connectivity index (χ0) is 25.4. The molecule has 1 N–H and O–H groups in total. The molecule has 36 heavy (non-hydrogen) atoms. The highest BCUT2D eigenvalue weighted by atomic mass is 35.5. The smallest absolute Gasteiger partial charge is 0.290 e. The molecular formula is C26H23ClN4O5. The number of carbonyl (C=O) groups is 2. The van der Waals surface area contributed by atoms with Crippen molar-refractivity contribution >= 4 is 34.8 Å². The summed E-state index contributed by atoms with van der Waals surface area (Å²) in [6, 6.07) is 11.9. The molecule has 0 unspecified atom stereocenters. The van der Waals surface area contributed by atoms with Crippen LogP contribution in [0.15, 0.2) is 52.0 Å². The van der Waals surface area contributed by atoms with E-state index in [1.54, 1.807) is 4.90 Å². The predicted molar refractivity (Wildman–Crippen MR) is 133 cm³/mol. The quantitative estimate of drug-likeness (QED) is 0.402. The lowest BCUT2D eigenvalue weighted by molar-refractivity contribution is -0.384. The Morgan fingerprint density at radius 1 is 1.14 bits per heavy atom. The molecule has 0 bridgehead atoms. The Labute approximate surface area is 211 Å². The summed E-state index contributed by atoms with van der Waals surface area (Å²) in [5.41, 5.74) is 6.63. The summed E-state index contributed by atoms with van der Waals surface area (Å²) in [5, 5.41) is 15.4. The molecule has 0 atom stereocenters. The van der Waals surface area contributed by atoms with Crippen LogP contribution in [-0.4, -0.2) is 33.9 Å². The maximum absolute atomic E-state index is 13.4. The van der Waals surface area contributed by atoms with Crippen LogP contribution in [0.5, 0.6) is 0 Å². The van der Waals surface area contributed by atoms with E-state index in [4.69, 9.17) is 16.0 Å². The fourth-order valence-corrected chi connectivity index (χ4v) is 4.96. The number of nitrogens with zero attached hydrogens (tertiary/aromatic N) is 3. The first kappa shape index (κ1) is 23.7. The maximum atomic E-state index is 13.4. The summed E-state index contributed by atoms with van der Waals surface area (Å²) in [7, 11) is 0. The largest absolute Gasteiger partial charge is 0.455 e. The lowest BCUT2D eigenvalue weighted by atomic mass is 9.93. The zero-order valence-electron chi connectivity index (χ0n) is 19.5. The van der Waals surface area contributed by atoms with E-state index in [1.165, 1.54) is 17.7 Å². The molecule has 2 aliphatic rings. The number of hydrazone groups is 1. The van der Waals surface area contributed by atoms with Crippen molar-refractivity contribution in [1.82, 2.24) is 10.3 Å². The van der Waals surface area contributed by atoms with Gasteiger partial charge in [0.05, 0.1) is 10.6 Å². The number of furan rings is 1. The minimum atomic E-state index is -0.646. The number of nitro groups is 1. The second kappa shape index (κ2) is 9.58. The molecule has 1 aromatic heterocycles. The van der Waals surface area contributed by atoms with Crippen molar-refractivity contribution in [2.24, 2.45) is 5.10 Å². The van der Waals surface area contributed by atoms with Gasteiger partial charge in [0.2, 0.25) is 0 Å². The summed E-state index contributed by atoms with van der Waals surface area (Å²) in [4.78, 5) is 38.3. The van der Waals surface area contributed by atoms with Crippen molar-refractivity contribution in [1.29, 1.82) is 0 Å². The molecule has 0 saturated heterocycles. The Bertz CT molecular complexity index is 1430. The SMILES string of the molecule is Cc1c(C(=O)N2CCc3ccccc3C2)oc2c1/C(=N/NC(=O)c1ccc(Cl)c([N+](=O)[O-])c1)CCC2. The number of carbonyl (C=O) groups excluding carboxylic acids is 2. The van der Waals surface area contributed by atoms with Gasteiger partial charge in [0.1, 0.15) is 10.8 Å². The molecule has 1 aliphatic carbocycles. The van der Waals surface area contributed by atoms with Crippen LogP contribution in [-0.2, 0) is 19.4 Å². The molecule has 2 heterocycles. The van der Waals surface area contributed by atoms with E-state index in [0.717, 1.165) is 30.0 Å². The monoisotopic (exact) mass is 506 g/mol. The van der Waals surface area contributed by atoms with Gasteiger partial charge in [-0.25, -0.2) is 5.43 Å². The summed E-state index contributed by atoms with van der Waals surface area (Å²) in [5.74, 6) is 0.218.